The van der Waals surface area contributed by atoms with Gasteiger partial charge in [-0.3, -0.25) is 0 Å². The predicted octanol–water partition coefficient (Wildman–Crippen LogP) is 5.31. The Morgan fingerprint density at radius 2 is 2.18 bits per heavy atom. The SMILES string of the molecule is COC1CCC2(CC1)Cc1ccc(Br)cc1C2(CI)N=C=S. The van der Waals surface area contributed by atoms with E-state index < -0.39 is 0 Å². The van der Waals surface area contributed by atoms with Gasteiger partial charge in [0.15, 0.2) is 0 Å². The van der Waals surface area contributed by atoms with Crippen LogP contribution in [0.3, 0.4) is 0 Å². The van der Waals surface area contributed by atoms with Crippen molar-refractivity contribution in [3.63, 3.8) is 0 Å². The van der Waals surface area contributed by atoms with E-state index in [0.29, 0.717) is 6.10 Å². The first kappa shape index (κ1) is 17.0. The summed E-state index contributed by atoms with van der Waals surface area (Å²) >= 11 is 11.1. The monoisotopic (exact) mass is 491 g/mol. The quantitative estimate of drug-likeness (QED) is 0.247. The van der Waals surface area contributed by atoms with Crippen LogP contribution in [0.15, 0.2) is 27.7 Å². The van der Waals surface area contributed by atoms with Crippen molar-refractivity contribution in [2.75, 3.05) is 11.5 Å². The molecule has 1 unspecified atom stereocenters. The highest BCUT2D eigenvalue weighted by Crippen LogP contribution is 2.60. The number of isothiocyanates is 1. The van der Waals surface area contributed by atoms with Gasteiger partial charge >= 0.3 is 0 Å². The Labute approximate surface area is 159 Å². The lowest BCUT2D eigenvalue weighted by Gasteiger charge is -2.46. The number of benzene rings is 1. The Kier molecular flexibility index (Phi) is 5.10. The number of thiocarbonyl (C=S) groups is 1. The summed E-state index contributed by atoms with van der Waals surface area (Å²) in [5, 5.41) is 2.72. The topological polar surface area (TPSA) is 21.6 Å². The van der Waals surface area contributed by atoms with Crippen LogP contribution in [-0.4, -0.2) is 22.8 Å². The molecule has 5 heteroatoms. The molecule has 118 valence electrons. The smallest absolute Gasteiger partial charge is 0.111 e. The van der Waals surface area contributed by atoms with Crippen molar-refractivity contribution in [3.05, 3.63) is 33.8 Å². The highest BCUT2D eigenvalue weighted by molar-refractivity contribution is 14.1. The van der Waals surface area contributed by atoms with Crippen LogP contribution in [0.4, 0.5) is 0 Å². The van der Waals surface area contributed by atoms with E-state index in [0.717, 1.165) is 41.0 Å². The second-order valence-electron chi connectivity index (χ2n) is 6.39. The number of nitrogens with zero attached hydrogens (tertiary/aromatic N) is 1. The van der Waals surface area contributed by atoms with Gasteiger partial charge in [0.05, 0.1) is 11.3 Å². The molecule has 0 radical (unpaired) electrons. The summed E-state index contributed by atoms with van der Waals surface area (Å²) in [6, 6.07) is 6.62. The van der Waals surface area contributed by atoms with Crippen molar-refractivity contribution < 1.29 is 4.74 Å². The molecule has 2 nitrogen and oxygen atoms in total. The van der Waals surface area contributed by atoms with E-state index in [-0.39, 0.29) is 11.0 Å². The fourth-order valence-electron chi connectivity index (χ4n) is 4.35. The molecule has 1 saturated carbocycles. The van der Waals surface area contributed by atoms with Crippen molar-refractivity contribution >= 4 is 55.9 Å². The Hall–Kier alpha value is 0.190. The molecule has 0 aromatic heterocycles. The van der Waals surface area contributed by atoms with Gasteiger partial charge in [0, 0.05) is 21.4 Å². The van der Waals surface area contributed by atoms with Gasteiger partial charge in [0.2, 0.25) is 0 Å². The zero-order chi connectivity index (χ0) is 15.8. The van der Waals surface area contributed by atoms with Crippen LogP contribution in [0.1, 0.15) is 36.8 Å². The van der Waals surface area contributed by atoms with Gasteiger partial charge in [-0.05, 0) is 67.6 Å². The van der Waals surface area contributed by atoms with Crippen LogP contribution >= 0.6 is 50.7 Å². The molecule has 2 aliphatic rings. The normalized spacial score (nSPS) is 33.5. The fraction of sp³-hybridized carbons (Fsp3) is 0.588. The van der Waals surface area contributed by atoms with Crippen LogP contribution in [0.25, 0.3) is 0 Å². The summed E-state index contributed by atoms with van der Waals surface area (Å²) < 4.78 is 7.63. The van der Waals surface area contributed by atoms with E-state index in [1.165, 1.54) is 11.1 Å². The Morgan fingerprint density at radius 3 is 2.77 bits per heavy atom. The van der Waals surface area contributed by atoms with Crippen molar-refractivity contribution in [1.29, 1.82) is 0 Å². The zero-order valence-corrected chi connectivity index (χ0v) is 17.1. The van der Waals surface area contributed by atoms with Gasteiger partial charge < -0.3 is 4.74 Å². The molecule has 0 heterocycles. The molecule has 1 aromatic rings. The third kappa shape index (κ3) is 2.53. The van der Waals surface area contributed by atoms with Gasteiger partial charge in [-0.25, -0.2) is 4.99 Å². The molecular formula is C17H19BrINOS. The van der Waals surface area contributed by atoms with Crippen molar-refractivity contribution in [2.45, 2.75) is 43.7 Å². The standard InChI is InChI=1S/C17H19BrINOS/c1-21-14-4-6-16(7-5-14)9-12-2-3-13(18)8-15(12)17(16,10-19)20-11-22/h2-3,8,14H,4-7,9-10H2,1H3. The first-order chi connectivity index (χ1) is 10.6. The van der Waals surface area contributed by atoms with Gasteiger partial charge in [0.1, 0.15) is 5.54 Å². The largest absolute Gasteiger partial charge is 0.381 e. The molecule has 1 spiro atoms. The number of halogens is 2. The highest BCUT2D eigenvalue weighted by Gasteiger charge is 2.58. The molecule has 22 heavy (non-hydrogen) atoms. The molecule has 0 N–H and O–H groups in total. The van der Waals surface area contributed by atoms with Gasteiger partial charge in [0.25, 0.3) is 0 Å². The van der Waals surface area contributed by atoms with Crippen molar-refractivity contribution in [1.82, 2.24) is 0 Å². The van der Waals surface area contributed by atoms with E-state index >= 15 is 0 Å². The first-order valence-electron chi connectivity index (χ1n) is 7.57. The molecule has 1 aromatic carbocycles. The Morgan fingerprint density at radius 1 is 1.45 bits per heavy atom. The minimum absolute atomic E-state index is 0.165. The minimum Gasteiger partial charge on any atom is -0.381 e. The molecule has 0 aliphatic heterocycles. The predicted molar refractivity (Wildman–Crippen MR) is 105 cm³/mol. The minimum atomic E-state index is -0.229. The molecule has 0 saturated heterocycles. The van der Waals surface area contributed by atoms with E-state index in [1.54, 1.807) is 0 Å². The maximum Gasteiger partial charge on any atom is 0.111 e. The summed E-state index contributed by atoms with van der Waals surface area (Å²) in [5.74, 6) is 0. The van der Waals surface area contributed by atoms with Crippen molar-refractivity contribution in [3.8, 4) is 0 Å². The lowest BCUT2D eigenvalue weighted by Crippen LogP contribution is -2.46. The first-order valence-corrected chi connectivity index (χ1v) is 10.3. The molecule has 1 fully saturated rings. The number of alkyl halides is 1. The molecule has 0 bridgehead atoms. The second kappa shape index (κ2) is 6.60. The summed E-state index contributed by atoms with van der Waals surface area (Å²) in [4.78, 5) is 4.78. The number of hydrogen-bond acceptors (Lipinski definition) is 3. The summed E-state index contributed by atoms with van der Waals surface area (Å²) in [6.45, 7) is 0. The molecule has 1 atom stereocenters. The van der Waals surface area contributed by atoms with Crippen LogP contribution in [-0.2, 0) is 16.7 Å². The number of aliphatic imine (C=N–C) groups is 1. The zero-order valence-electron chi connectivity index (χ0n) is 12.6. The average Bonchev–Trinajstić information content (AvgIpc) is 2.79. The van der Waals surface area contributed by atoms with Gasteiger partial charge in [-0.1, -0.05) is 44.6 Å². The molecule has 3 rings (SSSR count). The number of rotatable bonds is 3. The fourth-order valence-corrected chi connectivity index (χ4v) is 6.26. The Balaban J connectivity index is 2.10. The summed E-state index contributed by atoms with van der Waals surface area (Å²) in [6.07, 6.45) is 5.98. The Bertz CT molecular complexity index is 623. The van der Waals surface area contributed by atoms with Gasteiger partial charge in [-0.2, -0.15) is 0 Å². The van der Waals surface area contributed by atoms with Gasteiger partial charge in [-0.15, -0.1) is 0 Å². The van der Waals surface area contributed by atoms with Crippen LogP contribution < -0.4 is 0 Å². The molecule has 0 amide bonds. The highest BCUT2D eigenvalue weighted by atomic mass is 127. The average molecular weight is 492 g/mol. The summed E-state index contributed by atoms with van der Waals surface area (Å²) in [5.41, 5.74) is 2.69. The van der Waals surface area contributed by atoms with Crippen LogP contribution in [0.5, 0.6) is 0 Å². The third-order valence-electron chi connectivity index (χ3n) is 5.58. The molecule has 2 aliphatic carbocycles. The van der Waals surface area contributed by atoms with Crippen LogP contribution in [0, 0.1) is 5.41 Å². The van der Waals surface area contributed by atoms with E-state index in [2.05, 4.69) is 61.9 Å². The third-order valence-corrected chi connectivity index (χ3v) is 7.27. The maximum absolute atomic E-state index is 5.58. The number of methoxy groups -OCH3 is 1. The lowest BCUT2D eigenvalue weighted by atomic mass is 9.62. The number of hydrogen-bond donors (Lipinski definition) is 0. The second-order valence-corrected chi connectivity index (χ2v) is 8.25. The van der Waals surface area contributed by atoms with E-state index in [9.17, 15) is 0 Å². The number of fused-ring (bicyclic) bond motifs is 1. The van der Waals surface area contributed by atoms with E-state index in [1.807, 2.05) is 7.11 Å². The van der Waals surface area contributed by atoms with E-state index in [4.69, 9.17) is 21.9 Å². The lowest BCUT2D eigenvalue weighted by molar-refractivity contribution is 0.00330. The maximum atomic E-state index is 5.58. The number of ether oxygens (including phenoxy) is 1. The van der Waals surface area contributed by atoms with Crippen molar-refractivity contribution in [2.24, 2.45) is 10.4 Å². The summed E-state index contributed by atoms with van der Waals surface area (Å²) in [7, 11) is 1.82. The van der Waals surface area contributed by atoms with Crippen LogP contribution in [0.2, 0.25) is 0 Å². The molecular weight excluding hydrogens is 473 g/mol.